The second kappa shape index (κ2) is 6.01. The van der Waals surface area contributed by atoms with E-state index in [0.717, 1.165) is 17.8 Å². The molecule has 2 aromatic rings. The maximum Gasteiger partial charge on any atom is 0.416 e. The molecular formula is C14H13BrF3N3. The first-order chi connectivity index (χ1) is 9.77. The Morgan fingerprint density at radius 1 is 1.14 bits per heavy atom. The van der Waals surface area contributed by atoms with E-state index in [2.05, 4.69) is 31.2 Å². The standard InChI is InChI=1S/C14H13BrF3N3/c1-8-13(20-4-3-19-8)9(2)21-12-6-10(14(16,17)18)5-11(15)7-12/h3-7,9,21H,1-2H3. The van der Waals surface area contributed by atoms with Gasteiger partial charge in [0.2, 0.25) is 0 Å². The molecule has 0 aliphatic carbocycles. The summed E-state index contributed by atoms with van der Waals surface area (Å²) in [5, 5.41) is 3.02. The molecule has 2 rings (SSSR count). The van der Waals surface area contributed by atoms with Gasteiger partial charge < -0.3 is 5.32 Å². The molecule has 0 bridgehead atoms. The van der Waals surface area contributed by atoms with Crippen molar-refractivity contribution in [2.24, 2.45) is 0 Å². The molecule has 0 spiro atoms. The lowest BCUT2D eigenvalue weighted by Gasteiger charge is -2.17. The van der Waals surface area contributed by atoms with Gasteiger partial charge in [-0.3, -0.25) is 9.97 Å². The number of nitrogens with zero attached hydrogens (tertiary/aromatic N) is 2. The Balaban J connectivity index is 2.28. The SMILES string of the molecule is Cc1nccnc1C(C)Nc1cc(Br)cc(C(F)(F)F)c1. The summed E-state index contributed by atoms with van der Waals surface area (Å²) in [7, 11) is 0. The quantitative estimate of drug-likeness (QED) is 0.859. The molecule has 1 aromatic heterocycles. The fraction of sp³-hybridized carbons (Fsp3) is 0.286. The van der Waals surface area contributed by atoms with Gasteiger partial charge in [0.25, 0.3) is 0 Å². The van der Waals surface area contributed by atoms with Crippen LogP contribution in [0.1, 0.15) is 29.9 Å². The van der Waals surface area contributed by atoms with Crippen LogP contribution in [0.5, 0.6) is 0 Å². The molecule has 112 valence electrons. The fourth-order valence-electron chi connectivity index (χ4n) is 2.00. The van der Waals surface area contributed by atoms with Crippen LogP contribution in [0, 0.1) is 6.92 Å². The molecule has 0 amide bonds. The number of rotatable bonds is 3. The zero-order chi connectivity index (χ0) is 15.6. The second-order valence-corrected chi connectivity index (χ2v) is 5.54. The van der Waals surface area contributed by atoms with Crippen LogP contribution in [0.4, 0.5) is 18.9 Å². The molecule has 1 unspecified atom stereocenters. The van der Waals surface area contributed by atoms with E-state index in [9.17, 15) is 13.2 Å². The zero-order valence-electron chi connectivity index (χ0n) is 11.4. The van der Waals surface area contributed by atoms with Crippen molar-refractivity contribution in [1.82, 2.24) is 9.97 Å². The highest BCUT2D eigenvalue weighted by Gasteiger charge is 2.31. The minimum Gasteiger partial charge on any atom is -0.377 e. The monoisotopic (exact) mass is 359 g/mol. The van der Waals surface area contributed by atoms with Gasteiger partial charge in [-0.25, -0.2) is 0 Å². The molecule has 0 saturated heterocycles. The zero-order valence-corrected chi connectivity index (χ0v) is 13.0. The average molecular weight is 360 g/mol. The van der Waals surface area contributed by atoms with Crippen LogP contribution in [0.25, 0.3) is 0 Å². The summed E-state index contributed by atoms with van der Waals surface area (Å²) >= 11 is 3.10. The summed E-state index contributed by atoms with van der Waals surface area (Å²) in [6.07, 6.45) is -1.25. The maximum absolute atomic E-state index is 12.8. The topological polar surface area (TPSA) is 37.8 Å². The third-order valence-corrected chi connectivity index (χ3v) is 3.40. The highest BCUT2D eigenvalue weighted by molar-refractivity contribution is 9.10. The van der Waals surface area contributed by atoms with Gasteiger partial charge in [0.1, 0.15) is 0 Å². The predicted octanol–water partition coefficient (Wildman–Crippen LogP) is 4.74. The molecule has 1 aromatic carbocycles. The van der Waals surface area contributed by atoms with Crippen molar-refractivity contribution in [3.05, 3.63) is 52.0 Å². The van der Waals surface area contributed by atoms with Gasteiger partial charge in [-0.1, -0.05) is 15.9 Å². The molecule has 0 aliphatic rings. The summed E-state index contributed by atoms with van der Waals surface area (Å²) < 4.78 is 38.8. The fourth-order valence-corrected chi connectivity index (χ4v) is 2.49. The smallest absolute Gasteiger partial charge is 0.377 e. The highest BCUT2D eigenvalue weighted by atomic mass is 79.9. The van der Waals surface area contributed by atoms with E-state index in [1.165, 1.54) is 0 Å². The first kappa shape index (κ1) is 15.8. The molecule has 1 heterocycles. The number of alkyl halides is 3. The van der Waals surface area contributed by atoms with Crippen LogP contribution < -0.4 is 5.32 Å². The largest absolute Gasteiger partial charge is 0.416 e. The number of aromatic nitrogens is 2. The van der Waals surface area contributed by atoms with Crippen molar-refractivity contribution in [2.45, 2.75) is 26.1 Å². The third kappa shape index (κ3) is 3.93. The van der Waals surface area contributed by atoms with E-state index < -0.39 is 11.7 Å². The number of benzene rings is 1. The molecular weight excluding hydrogens is 347 g/mol. The molecule has 1 N–H and O–H groups in total. The Morgan fingerprint density at radius 3 is 2.43 bits per heavy atom. The van der Waals surface area contributed by atoms with Crippen LogP contribution in [0.2, 0.25) is 0 Å². The molecule has 0 fully saturated rings. The molecule has 7 heteroatoms. The lowest BCUT2D eigenvalue weighted by molar-refractivity contribution is -0.137. The lowest BCUT2D eigenvalue weighted by atomic mass is 10.1. The van der Waals surface area contributed by atoms with Crippen LogP contribution in [0.3, 0.4) is 0 Å². The maximum atomic E-state index is 12.8. The molecule has 0 radical (unpaired) electrons. The van der Waals surface area contributed by atoms with Crippen molar-refractivity contribution in [1.29, 1.82) is 0 Å². The van der Waals surface area contributed by atoms with Gasteiger partial charge in [0, 0.05) is 22.6 Å². The molecule has 0 aliphatic heterocycles. The first-order valence-corrected chi connectivity index (χ1v) is 6.98. The van der Waals surface area contributed by atoms with Gasteiger partial charge in [0.15, 0.2) is 0 Å². The second-order valence-electron chi connectivity index (χ2n) is 4.62. The predicted molar refractivity (Wildman–Crippen MR) is 78.0 cm³/mol. The normalized spacial score (nSPS) is 13.0. The molecule has 0 saturated carbocycles. The van der Waals surface area contributed by atoms with E-state index in [0.29, 0.717) is 15.9 Å². The van der Waals surface area contributed by atoms with Crippen molar-refractivity contribution < 1.29 is 13.2 Å². The first-order valence-electron chi connectivity index (χ1n) is 6.19. The Hall–Kier alpha value is -1.63. The van der Waals surface area contributed by atoms with Gasteiger partial charge in [-0.2, -0.15) is 13.2 Å². The summed E-state index contributed by atoms with van der Waals surface area (Å²) in [5.41, 5.74) is 1.10. The van der Waals surface area contributed by atoms with E-state index in [1.807, 2.05) is 13.8 Å². The Morgan fingerprint density at radius 2 is 1.81 bits per heavy atom. The average Bonchev–Trinajstić information content (AvgIpc) is 2.37. The minimum atomic E-state index is -4.38. The summed E-state index contributed by atoms with van der Waals surface area (Å²) in [6.45, 7) is 3.63. The lowest BCUT2D eigenvalue weighted by Crippen LogP contribution is -2.12. The highest BCUT2D eigenvalue weighted by Crippen LogP contribution is 2.34. The van der Waals surface area contributed by atoms with Crippen molar-refractivity contribution in [3.8, 4) is 0 Å². The summed E-state index contributed by atoms with van der Waals surface area (Å²) in [6, 6.07) is 3.46. The van der Waals surface area contributed by atoms with Gasteiger partial charge in [-0.15, -0.1) is 0 Å². The van der Waals surface area contributed by atoms with Gasteiger partial charge in [-0.05, 0) is 32.0 Å². The van der Waals surface area contributed by atoms with Crippen molar-refractivity contribution in [2.75, 3.05) is 5.32 Å². The summed E-state index contributed by atoms with van der Waals surface area (Å²) in [5.74, 6) is 0. The van der Waals surface area contributed by atoms with Gasteiger partial charge >= 0.3 is 6.18 Å². The Labute approximate surface area is 128 Å². The molecule has 3 nitrogen and oxygen atoms in total. The molecule has 1 atom stereocenters. The van der Waals surface area contributed by atoms with Crippen molar-refractivity contribution >= 4 is 21.6 Å². The Bertz CT molecular complexity index is 644. The van der Waals surface area contributed by atoms with Crippen molar-refractivity contribution in [3.63, 3.8) is 0 Å². The number of hydrogen-bond donors (Lipinski definition) is 1. The van der Waals surface area contributed by atoms with Crippen LogP contribution in [-0.4, -0.2) is 9.97 Å². The minimum absolute atomic E-state index is 0.255. The van der Waals surface area contributed by atoms with Gasteiger partial charge in [0.05, 0.1) is 23.0 Å². The number of aryl methyl sites for hydroxylation is 1. The van der Waals surface area contributed by atoms with Crippen LogP contribution in [-0.2, 0) is 6.18 Å². The van der Waals surface area contributed by atoms with Crippen LogP contribution >= 0.6 is 15.9 Å². The van der Waals surface area contributed by atoms with E-state index in [-0.39, 0.29) is 6.04 Å². The van der Waals surface area contributed by atoms with E-state index in [1.54, 1.807) is 18.5 Å². The van der Waals surface area contributed by atoms with Crippen LogP contribution in [0.15, 0.2) is 35.1 Å². The number of anilines is 1. The molecule has 21 heavy (non-hydrogen) atoms. The Kier molecular flexibility index (Phi) is 4.51. The number of halogens is 4. The van der Waals surface area contributed by atoms with E-state index in [4.69, 9.17) is 0 Å². The summed E-state index contributed by atoms with van der Waals surface area (Å²) in [4.78, 5) is 8.33. The number of nitrogens with one attached hydrogen (secondary N) is 1. The van der Waals surface area contributed by atoms with E-state index >= 15 is 0 Å². The third-order valence-electron chi connectivity index (χ3n) is 2.94. The number of hydrogen-bond acceptors (Lipinski definition) is 3.